The highest BCUT2D eigenvalue weighted by Crippen LogP contribution is 2.16. The molecule has 2 aromatic heterocycles. The molecule has 2 aromatic rings. The SMILES string of the molecule is Cl.c1csc(Cc2noc(C3COCCN3)n2)c1. The summed E-state index contributed by atoms with van der Waals surface area (Å²) in [6.45, 7) is 2.17. The fourth-order valence-electron chi connectivity index (χ4n) is 1.77. The number of nitrogens with one attached hydrogen (secondary N) is 1. The highest BCUT2D eigenvalue weighted by Gasteiger charge is 2.21. The van der Waals surface area contributed by atoms with Crippen LogP contribution in [0.2, 0.25) is 0 Å². The molecule has 3 rings (SSSR count). The quantitative estimate of drug-likeness (QED) is 0.933. The van der Waals surface area contributed by atoms with Gasteiger partial charge in [-0.1, -0.05) is 11.2 Å². The summed E-state index contributed by atoms with van der Waals surface area (Å²) in [6.07, 6.45) is 0.731. The van der Waals surface area contributed by atoms with Crippen LogP contribution in [0.4, 0.5) is 0 Å². The molecule has 0 radical (unpaired) electrons. The van der Waals surface area contributed by atoms with Crippen LogP contribution < -0.4 is 5.32 Å². The number of hydrogen-bond donors (Lipinski definition) is 1. The van der Waals surface area contributed by atoms with E-state index in [0.717, 1.165) is 25.4 Å². The molecular weight excluding hydrogens is 274 g/mol. The summed E-state index contributed by atoms with van der Waals surface area (Å²) in [5.74, 6) is 1.35. The predicted molar refractivity (Wildman–Crippen MR) is 70.2 cm³/mol. The smallest absolute Gasteiger partial charge is 0.246 e. The van der Waals surface area contributed by atoms with Crippen LogP contribution in [0.25, 0.3) is 0 Å². The Bertz CT molecular complexity index is 468. The lowest BCUT2D eigenvalue weighted by molar-refractivity contribution is 0.0659. The first-order valence-electron chi connectivity index (χ1n) is 5.58. The van der Waals surface area contributed by atoms with Gasteiger partial charge in [0.1, 0.15) is 6.04 Å². The lowest BCUT2D eigenvalue weighted by Crippen LogP contribution is -2.34. The van der Waals surface area contributed by atoms with E-state index in [1.807, 2.05) is 11.4 Å². The molecule has 0 spiro atoms. The number of thiophene rings is 1. The number of halogens is 1. The van der Waals surface area contributed by atoms with Gasteiger partial charge < -0.3 is 14.6 Å². The average Bonchev–Trinajstić information content (AvgIpc) is 3.02. The van der Waals surface area contributed by atoms with Gasteiger partial charge >= 0.3 is 0 Å². The Labute approximate surface area is 115 Å². The topological polar surface area (TPSA) is 60.2 Å². The zero-order valence-electron chi connectivity index (χ0n) is 9.67. The molecule has 1 saturated heterocycles. The van der Waals surface area contributed by atoms with E-state index in [1.165, 1.54) is 4.88 Å². The number of nitrogens with zero attached hydrogens (tertiary/aromatic N) is 2. The molecule has 0 bridgehead atoms. The summed E-state index contributed by atoms with van der Waals surface area (Å²) in [5, 5.41) is 9.33. The maximum Gasteiger partial charge on any atom is 0.246 e. The second-order valence-corrected chi connectivity index (χ2v) is 4.92. The molecule has 0 amide bonds. The zero-order chi connectivity index (χ0) is 11.5. The zero-order valence-corrected chi connectivity index (χ0v) is 11.3. The van der Waals surface area contributed by atoms with Gasteiger partial charge in [-0.2, -0.15) is 4.98 Å². The van der Waals surface area contributed by atoms with Crippen LogP contribution in [0.5, 0.6) is 0 Å². The van der Waals surface area contributed by atoms with Gasteiger partial charge in [0, 0.05) is 17.8 Å². The van der Waals surface area contributed by atoms with Crippen LogP contribution in [-0.2, 0) is 11.2 Å². The van der Waals surface area contributed by atoms with Crippen LogP contribution in [0, 0.1) is 0 Å². The lowest BCUT2D eigenvalue weighted by Gasteiger charge is -2.20. The molecule has 5 nitrogen and oxygen atoms in total. The van der Waals surface area contributed by atoms with Crippen molar-refractivity contribution in [3.8, 4) is 0 Å². The number of aromatic nitrogens is 2. The summed E-state index contributed by atoms with van der Waals surface area (Å²) < 4.78 is 10.6. The Kier molecular flexibility index (Phi) is 4.71. The second-order valence-electron chi connectivity index (χ2n) is 3.89. The number of ether oxygens (including phenoxy) is 1. The Morgan fingerprint density at radius 2 is 2.44 bits per heavy atom. The van der Waals surface area contributed by atoms with E-state index in [0.29, 0.717) is 12.5 Å². The minimum Gasteiger partial charge on any atom is -0.378 e. The molecule has 0 aromatic carbocycles. The lowest BCUT2D eigenvalue weighted by atomic mass is 10.3. The molecule has 1 aliphatic heterocycles. The van der Waals surface area contributed by atoms with Crippen molar-refractivity contribution in [2.75, 3.05) is 19.8 Å². The minimum atomic E-state index is 0. The summed E-state index contributed by atoms with van der Waals surface area (Å²) in [4.78, 5) is 5.64. The first-order chi connectivity index (χ1) is 8.42. The van der Waals surface area contributed by atoms with Gasteiger partial charge in [0.25, 0.3) is 0 Å². The molecule has 1 atom stereocenters. The third kappa shape index (κ3) is 3.08. The Morgan fingerprint density at radius 1 is 1.50 bits per heavy atom. The van der Waals surface area contributed by atoms with Crippen molar-refractivity contribution >= 4 is 23.7 Å². The fraction of sp³-hybridized carbons (Fsp3) is 0.455. The molecule has 18 heavy (non-hydrogen) atoms. The van der Waals surface area contributed by atoms with Gasteiger partial charge in [-0.05, 0) is 11.4 Å². The number of hydrogen-bond acceptors (Lipinski definition) is 6. The Morgan fingerprint density at radius 3 is 3.17 bits per heavy atom. The molecule has 0 aliphatic carbocycles. The van der Waals surface area contributed by atoms with Gasteiger partial charge in [-0.3, -0.25) is 0 Å². The predicted octanol–water partition coefficient (Wildman–Crippen LogP) is 1.80. The fourth-order valence-corrected chi connectivity index (χ4v) is 2.48. The highest BCUT2D eigenvalue weighted by molar-refractivity contribution is 7.09. The van der Waals surface area contributed by atoms with Crippen molar-refractivity contribution in [1.29, 1.82) is 0 Å². The number of rotatable bonds is 3. The summed E-state index contributed by atoms with van der Waals surface area (Å²) in [5.41, 5.74) is 0. The van der Waals surface area contributed by atoms with E-state index in [-0.39, 0.29) is 18.4 Å². The summed E-state index contributed by atoms with van der Waals surface area (Å²) in [6, 6.07) is 4.13. The molecule has 1 fully saturated rings. The van der Waals surface area contributed by atoms with Gasteiger partial charge in [0.15, 0.2) is 5.82 Å². The molecule has 1 unspecified atom stereocenters. The van der Waals surface area contributed by atoms with Crippen LogP contribution in [0.1, 0.15) is 22.6 Å². The third-order valence-electron chi connectivity index (χ3n) is 2.62. The van der Waals surface area contributed by atoms with Gasteiger partial charge in [-0.15, -0.1) is 23.7 Å². The largest absolute Gasteiger partial charge is 0.378 e. The Hall–Kier alpha value is -0.950. The van der Waals surface area contributed by atoms with E-state index >= 15 is 0 Å². The minimum absolute atomic E-state index is 0. The van der Waals surface area contributed by atoms with Crippen molar-refractivity contribution in [2.45, 2.75) is 12.5 Å². The highest BCUT2D eigenvalue weighted by atomic mass is 35.5. The third-order valence-corrected chi connectivity index (χ3v) is 3.49. The second kappa shape index (κ2) is 6.29. The first kappa shape index (κ1) is 13.5. The average molecular weight is 288 g/mol. The molecule has 1 N–H and O–H groups in total. The first-order valence-corrected chi connectivity index (χ1v) is 6.46. The van der Waals surface area contributed by atoms with Crippen molar-refractivity contribution in [2.24, 2.45) is 0 Å². The molecule has 0 saturated carbocycles. The van der Waals surface area contributed by atoms with Crippen LogP contribution in [-0.4, -0.2) is 29.9 Å². The van der Waals surface area contributed by atoms with Crippen molar-refractivity contribution < 1.29 is 9.26 Å². The van der Waals surface area contributed by atoms with Crippen LogP contribution in [0.15, 0.2) is 22.0 Å². The normalized spacial score (nSPS) is 19.4. The van der Waals surface area contributed by atoms with Crippen molar-refractivity contribution in [1.82, 2.24) is 15.5 Å². The van der Waals surface area contributed by atoms with E-state index < -0.39 is 0 Å². The monoisotopic (exact) mass is 287 g/mol. The standard InChI is InChI=1S/C11H13N3O2S.ClH/c1-2-8(17-5-1)6-10-13-11(16-14-10)9-7-15-4-3-12-9;/h1-2,5,9,12H,3-4,6-7H2;1H. The Balaban J connectivity index is 0.00000120. The van der Waals surface area contributed by atoms with Crippen LogP contribution in [0.3, 0.4) is 0 Å². The maximum atomic E-state index is 5.36. The molecule has 98 valence electrons. The summed E-state index contributed by atoms with van der Waals surface area (Å²) >= 11 is 1.70. The van der Waals surface area contributed by atoms with E-state index in [4.69, 9.17) is 9.26 Å². The van der Waals surface area contributed by atoms with Gasteiger partial charge in [-0.25, -0.2) is 0 Å². The van der Waals surface area contributed by atoms with E-state index in [1.54, 1.807) is 11.3 Å². The summed E-state index contributed by atoms with van der Waals surface area (Å²) in [7, 11) is 0. The molecule has 1 aliphatic rings. The van der Waals surface area contributed by atoms with E-state index in [2.05, 4.69) is 21.5 Å². The van der Waals surface area contributed by atoms with Gasteiger partial charge in [0.2, 0.25) is 5.89 Å². The number of morpholine rings is 1. The van der Waals surface area contributed by atoms with Gasteiger partial charge in [0.05, 0.1) is 13.2 Å². The molecule has 7 heteroatoms. The van der Waals surface area contributed by atoms with E-state index in [9.17, 15) is 0 Å². The molecular formula is C11H14ClN3O2S. The maximum absolute atomic E-state index is 5.36. The van der Waals surface area contributed by atoms with Crippen LogP contribution >= 0.6 is 23.7 Å². The van der Waals surface area contributed by atoms with Crippen molar-refractivity contribution in [3.05, 3.63) is 34.1 Å². The van der Waals surface area contributed by atoms with Crippen molar-refractivity contribution in [3.63, 3.8) is 0 Å². The molecule has 3 heterocycles.